The van der Waals surface area contributed by atoms with Gasteiger partial charge in [-0.2, -0.15) is 17.6 Å². The summed E-state index contributed by atoms with van der Waals surface area (Å²) in [5.41, 5.74) is 0.312. The third kappa shape index (κ3) is 9.97. The maximum absolute atomic E-state index is 15.2. The number of rotatable bonds is 17. The lowest BCUT2D eigenvalue weighted by atomic mass is 9.74. The molecule has 0 saturated heterocycles. The highest BCUT2D eigenvalue weighted by molar-refractivity contribution is 5.88. The summed E-state index contributed by atoms with van der Waals surface area (Å²) in [5, 5.41) is 9.04. The molecule has 0 radical (unpaired) electrons. The third-order valence-corrected chi connectivity index (χ3v) is 7.88. The van der Waals surface area contributed by atoms with E-state index in [-0.39, 0.29) is 49.0 Å². The summed E-state index contributed by atoms with van der Waals surface area (Å²) in [6, 6.07) is 5.30. The molecule has 0 heterocycles. The van der Waals surface area contributed by atoms with Crippen molar-refractivity contribution in [1.82, 2.24) is 0 Å². The van der Waals surface area contributed by atoms with Gasteiger partial charge in [-0.3, -0.25) is 0 Å². The Kier molecular flexibility index (Phi) is 13.5. The number of aliphatic hydroxyl groups is 1. The molecule has 0 amide bonds. The van der Waals surface area contributed by atoms with E-state index < -0.39 is 41.9 Å². The molecule has 2 rings (SSSR count). The molecular formula is C32H44F4O5. The molecule has 1 unspecified atom stereocenters. The first kappa shape index (κ1) is 34.5. The zero-order valence-electron chi connectivity index (χ0n) is 24.2. The van der Waals surface area contributed by atoms with Gasteiger partial charge in [-0.1, -0.05) is 57.2 Å². The predicted molar refractivity (Wildman–Crippen MR) is 150 cm³/mol. The van der Waals surface area contributed by atoms with Crippen LogP contribution in [0.4, 0.5) is 17.6 Å². The summed E-state index contributed by atoms with van der Waals surface area (Å²) < 4.78 is 70.9. The summed E-state index contributed by atoms with van der Waals surface area (Å²) >= 11 is 0. The molecule has 1 saturated carbocycles. The molecule has 0 aliphatic heterocycles. The van der Waals surface area contributed by atoms with Crippen LogP contribution in [0.15, 0.2) is 48.6 Å². The van der Waals surface area contributed by atoms with Gasteiger partial charge >= 0.3 is 23.8 Å². The Morgan fingerprint density at radius 2 is 1.56 bits per heavy atom. The van der Waals surface area contributed by atoms with Crippen molar-refractivity contribution in [2.75, 3.05) is 19.8 Å². The van der Waals surface area contributed by atoms with Crippen molar-refractivity contribution in [3.63, 3.8) is 0 Å². The quantitative estimate of drug-likeness (QED) is 0.0886. The van der Waals surface area contributed by atoms with E-state index in [1.165, 1.54) is 19.1 Å². The predicted octanol–water partition coefficient (Wildman–Crippen LogP) is 7.56. The monoisotopic (exact) mass is 584 g/mol. The fourth-order valence-corrected chi connectivity index (χ4v) is 5.09. The highest BCUT2D eigenvalue weighted by atomic mass is 19.3. The standard InChI is InChI=1S/C32H44F4O5/c1-5-6-7-8-24-11-15-27(16-12-24)31(33,34)32(35,36)28-17-13-25(14-18-28)9-10-26(20-40-29(38)22(2)3)21-41-30(39)23(4)19-37/h11-12,15-16,25-26,28,37H,2,4-10,13-14,17-21H2,1,3H3. The maximum atomic E-state index is 15.2. The number of carbonyl (C=O) groups is 2. The summed E-state index contributed by atoms with van der Waals surface area (Å²) in [6.45, 7) is 9.84. The van der Waals surface area contributed by atoms with Crippen LogP contribution >= 0.6 is 0 Å². The largest absolute Gasteiger partial charge is 0.462 e. The molecule has 1 aliphatic carbocycles. The number of esters is 2. The van der Waals surface area contributed by atoms with Crippen LogP contribution in [0, 0.1) is 17.8 Å². The van der Waals surface area contributed by atoms with Gasteiger partial charge in [-0.05, 0) is 69.8 Å². The molecule has 1 N–H and O–H groups in total. The Hall–Kier alpha value is -2.68. The zero-order valence-corrected chi connectivity index (χ0v) is 24.2. The second-order valence-corrected chi connectivity index (χ2v) is 11.3. The molecule has 1 atom stereocenters. The molecule has 1 aliphatic rings. The molecule has 41 heavy (non-hydrogen) atoms. The van der Waals surface area contributed by atoms with Crippen molar-refractivity contribution >= 4 is 11.9 Å². The molecule has 1 aromatic carbocycles. The van der Waals surface area contributed by atoms with Gasteiger partial charge < -0.3 is 14.6 Å². The minimum atomic E-state index is -4.27. The number of carbonyl (C=O) groups excluding carboxylic acids is 2. The fourth-order valence-electron chi connectivity index (χ4n) is 5.09. The highest BCUT2D eigenvalue weighted by Crippen LogP contribution is 2.52. The second kappa shape index (κ2) is 16.1. The number of aliphatic hydroxyl groups excluding tert-OH is 1. The smallest absolute Gasteiger partial charge is 0.335 e. The summed E-state index contributed by atoms with van der Waals surface area (Å²) in [7, 11) is 0. The van der Waals surface area contributed by atoms with Crippen LogP contribution in [0.2, 0.25) is 0 Å². The van der Waals surface area contributed by atoms with Crippen LogP contribution in [0.1, 0.15) is 82.8 Å². The van der Waals surface area contributed by atoms with Crippen LogP contribution in [0.5, 0.6) is 0 Å². The first-order valence-electron chi connectivity index (χ1n) is 14.5. The van der Waals surface area contributed by atoms with Gasteiger partial charge in [0.15, 0.2) is 0 Å². The van der Waals surface area contributed by atoms with E-state index in [9.17, 15) is 9.59 Å². The van der Waals surface area contributed by atoms with E-state index in [1.807, 2.05) is 0 Å². The second-order valence-electron chi connectivity index (χ2n) is 11.3. The Balaban J connectivity index is 1.94. The normalized spacial score (nSPS) is 18.4. The van der Waals surface area contributed by atoms with Gasteiger partial charge in [0.2, 0.25) is 0 Å². The Morgan fingerprint density at radius 1 is 0.976 bits per heavy atom. The minimum absolute atomic E-state index is 0.0248. The van der Waals surface area contributed by atoms with Gasteiger partial charge in [0.1, 0.15) is 0 Å². The number of alkyl halides is 4. The molecule has 1 aromatic rings. The number of hydrogen-bond acceptors (Lipinski definition) is 5. The first-order chi connectivity index (χ1) is 19.3. The lowest BCUT2D eigenvalue weighted by molar-refractivity contribution is -0.249. The van der Waals surface area contributed by atoms with E-state index in [0.29, 0.717) is 25.7 Å². The number of benzene rings is 1. The highest BCUT2D eigenvalue weighted by Gasteiger charge is 2.61. The van der Waals surface area contributed by atoms with Crippen LogP contribution in [0.3, 0.4) is 0 Å². The summed E-state index contributed by atoms with van der Waals surface area (Å²) in [6.07, 6.45) is 5.44. The van der Waals surface area contributed by atoms with Crippen LogP contribution in [-0.2, 0) is 31.4 Å². The average Bonchev–Trinajstić information content (AvgIpc) is 2.96. The number of unbranched alkanes of at least 4 members (excludes halogenated alkanes) is 2. The number of halogens is 4. The van der Waals surface area contributed by atoms with Crippen molar-refractivity contribution in [2.45, 2.75) is 89.9 Å². The molecule has 230 valence electrons. The number of aryl methyl sites for hydroxylation is 1. The average molecular weight is 585 g/mol. The van der Waals surface area contributed by atoms with Crippen molar-refractivity contribution < 1.29 is 41.7 Å². The molecular weight excluding hydrogens is 540 g/mol. The van der Waals surface area contributed by atoms with Gasteiger partial charge in [0, 0.05) is 23.0 Å². The minimum Gasteiger partial charge on any atom is -0.462 e. The van der Waals surface area contributed by atoms with Crippen LogP contribution in [-0.4, -0.2) is 42.8 Å². The van der Waals surface area contributed by atoms with Crippen LogP contribution in [0.25, 0.3) is 0 Å². The van der Waals surface area contributed by atoms with Crippen molar-refractivity contribution in [3.8, 4) is 0 Å². The Bertz CT molecular complexity index is 1010. The third-order valence-electron chi connectivity index (χ3n) is 7.88. The van der Waals surface area contributed by atoms with E-state index in [2.05, 4.69) is 20.1 Å². The van der Waals surface area contributed by atoms with Gasteiger partial charge in [0.05, 0.1) is 25.4 Å². The summed E-state index contributed by atoms with van der Waals surface area (Å²) in [4.78, 5) is 23.7. The Morgan fingerprint density at radius 3 is 2.10 bits per heavy atom. The van der Waals surface area contributed by atoms with E-state index in [4.69, 9.17) is 14.6 Å². The lowest BCUT2D eigenvalue weighted by Gasteiger charge is -2.38. The molecule has 0 bridgehead atoms. The molecule has 1 fully saturated rings. The van der Waals surface area contributed by atoms with Gasteiger partial charge in [-0.15, -0.1) is 0 Å². The van der Waals surface area contributed by atoms with Gasteiger partial charge in [-0.25, -0.2) is 9.59 Å². The number of ether oxygens (including phenoxy) is 2. The van der Waals surface area contributed by atoms with Crippen molar-refractivity contribution in [3.05, 3.63) is 59.7 Å². The zero-order chi connectivity index (χ0) is 30.6. The summed E-state index contributed by atoms with van der Waals surface area (Å²) in [5.74, 6) is -11.6. The van der Waals surface area contributed by atoms with Crippen molar-refractivity contribution in [1.29, 1.82) is 0 Å². The molecule has 0 aromatic heterocycles. The maximum Gasteiger partial charge on any atom is 0.335 e. The first-order valence-corrected chi connectivity index (χ1v) is 14.5. The Labute approximate surface area is 241 Å². The molecule has 9 heteroatoms. The number of hydrogen-bond donors (Lipinski definition) is 1. The topological polar surface area (TPSA) is 72.8 Å². The van der Waals surface area contributed by atoms with E-state index >= 15 is 17.6 Å². The van der Waals surface area contributed by atoms with Crippen LogP contribution < -0.4 is 0 Å². The van der Waals surface area contributed by atoms with E-state index in [0.717, 1.165) is 43.4 Å². The lowest BCUT2D eigenvalue weighted by Crippen LogP contribution is -2.45. The SMILES string of the molecule is C=C(C)C(=O)OCC(CCC1CCC(C(F)(F)C(F)(F)c2ccc(CCCCC)cc2)CC1)COC(=O)C(=C)CO. The molecule has 5 nitrogen and oxygen atoms in total. The van der Waals surface area contributed by atoms with Gasteiger partial charge in [0.25, 0.3) is 0 Å². The fraction of sp³-hybridized carbons (Fsp3) is 0.625. The van der Waals surface area contributed by atoms with Crippen molar-refractivity contribution in [2.24, 2.45) is 17.8 Å². The molecule has 0 spiro atoms. The van der Waals surface area contributed by atoms with E-state index in [1.54, 1.807) is 0 Å².